The summed E-state index contributed by atoms with van der Waals surface area (Å²) in [6.45, 7) is 4.38. The summed E-state index contributed by atoms with van der Waals surface area (Å²) in [5.74, 6) is 0.345. The van der Waals surface area contributed by atoms with Crippen molar-refractivity contribution in [3.63, 3.8) is 0 Å². The molecule has 1 amide bonds. The van der Waals surface area contributed by atoms with Crippen molar-refractivity contribution in [1.29, 1.82) is 0 Å². The minimum absolute atomic E-state index is 0.351. The van der Waals surface area contributed by atoms with E-state index in [0.717, 1.165) is 25.1 Å². The summed E-state index contributed by atoms with van der Waals surface area (Å²) in [6, 6.07) is 1.75. The monoisotopic (exact) mass is 235 g/mol. The number of hydrogen-bond donors (Lipinski definition) is 2. The molecule has 0 aromatic carbocycles. The summed E-state index contributed by atoms with van der Waals surface area (Å²) in [5.41, 5.74) is 6.51. The molecule has 0 radical (unpaired) electrons. The van der Waals surface area contributed by atoms with Crippen molar-refractivity contribution in [2.24, 2.45) is 11.7 Å². The van der Waals surface area contributed by atoms with E-state index < -0.39 is 5.91 Å². The number of pyridine rings is 1. The fourth-order valence-corrected chi connectivity index (χ4v) is 2.00. The summed E-state index contributed by atoms with van der Waals surface area (Å²) >= 11 is 0. The van der Waals surface area contributed by atoms with Crippen molar-refractivity contribution < 1.29 is 9.53 Å². The maximum atomic E-state index is 11.3. The van der Waals surface area contributed by atoms with Gasteiger partial charge in [0.15, 0.2) is 0 Å². The number of aromatic nitrogens is 1. The summed E-state index contributed by atoms with van der Waals surface area (Å²) in [6.07, 6.45) is 2.72. The molecule has 1 saturated heterocycles. The third-order valence-corrected chi connectivity index (χ3v) is 2.99. The molecule has 3 N–H and O–H groups in total. The number of aryl methyl sites for hydroxylation is 1. The Balaban J connectivity index is 2.09. The quantitative estimate of drug-likeness (QED) is 0.795. The zero-order valence-corrected chi connectivity index (χ0v) is 9.90. The van der Waals surface area contributed by atoms with E-state index in [2.05, 4.69) is 10.3 Å². The molecular weight excluding hydrogens is 218 g/mol. The Bertz CT molecular complexity index is 414. The molecule has 0 spiro atoms. The van der Waals surface area contributed by atoms with Crippen molar-refractivity contribution in [2.45, 2.75) is 13.3 Å². The number of carbonyl (C=O) groups is 1. The molecule has 2 rings (SSSR count). The molecule has 1 aliphatic rings. The molecule has 1 aromatic heterocycles. The SMILES string of the molecule is Cc1ccnc(OCC2CCNC2)c1C(N)=O. The minimum Gasteiger partial charge on any atom is -0.477 e. The molecule has 0 aliphatic carbocycles. The van der Waals surface area contributed by atoms with Crippen molar-refractivity contribution in [1.82, 2.24) is 10.3 Å². The lowest BCUT2D eigenvalue weighted by Crippen LogP contribution is -2.19. The third kappa shape index (κ3) is 2.74. The van der Waals surface area contributed by atoms with E-state index in [4.69, 9.17) is 10.5 Å². The summed E-state index contributed by atoms with van der Waals surface area (Å²) in [4.78, 5) is 15.4. The van der Waals surface area contributed by atoms with Gasteiger partial charge in [0, 0.05) is 18.7 Å². The molecule has 1 atom stereocenters. The van der Waals surface area contributed by atoms with E-state index in [1.54, 1.807) is 12.3 Å². The Hall–Kier alpha value is -1.62. The second kappa shape index (κ2) is 5.14. The standard InChI is InChI=1S/C12H17N3O2/c1-8-2-5-15-12(10(8)11(13)16)17-7-9-3-4-14-6-9/h2,5,9,14H,3-4,6-7H2,1H3,(H2,13,16). The first-order valence-electron chi connectivity index (χ1n) is 5.77. The van der Waals surface area contributed by atoms with Crippen molar-refractivity contribution in [2.75, 3.05) is 19.7 Å². The molecule has 0 saturated carbocycles. The van der Waals surface area contributed by atoms with Gasteiger partial charge in [0.25, 0.3) is 5.91 Å². The number of hydrogen-bond acceptors (Lipinski definition) is 4. The van der Waals surface area contributed by atoms with Gasteiger partial charge in [-0.05, 0) is 31.5 Å². The number of nitrogens with zero attached hydrogens (tertiary/aromatic N) is 1. The normalized spacial score (nSPS) is 19.2. The van der Waals surface area contributed by atoms with Crippen molar-refractivity contribution in [3.05, 3.63) is 23.4 Å². The van der Waals surface area contributed by atoms with Gasteiger partial charge in [-0.15, -0.1) is 0 Å². The summed E-state index contributed by atoms with van der Waals surface area (Å²) in [5, 5.41) is 3.27. The van der Waals surface area contributed by atoms with Gasteiger partial charge in [0.05, 0.1) is 6.61 Å². The fourth-order valence-electron chi connectivity index (χ4n) is 2.00. The molecule has 5 nitrogen and oxygen atoms in total. The molecule has 1 fully saturated rings. The van der Waals surface area contributed by atoms with E-state index in [1.165, 1.54) is 0 Å². The number of carbonyl (C=O) groups excluding carboxylic acids is 1. The van der Waals surface area contributed by atoms with Crippen LogP contribution >= 0.6 is 0 Å². The Morgan fingerprint density at radius 1 is 1.71 bits per heavy atom. The number of nitrogens with two attached hydrogens (primary N) is 1. The maximum Gasteiger partial charge on any atom is 0.254 e. The summed E-state index contributed by atoms with van der Waals surface area (Å²) < 4.78 is 5.61. The molecule has 1 aliphatic heterocycles. The third-order valence-electron chi connectivity index (χ3n) is 2.99. The second-order valence-electron chi connectivity index (χ2n) is 4.34. The number of ether oxygens (including phenoxy) is 1. The van der Waals surface area contributed by atoms with Crippen LogP contribution in [0.25, 0.3) is 0 Å². The zero-order valence-electron chi connectivity index (χ0n) is 9.90. The van der Waals surface area contributed by atoms with Gasteiger partial charge in [-0.25, -0.2) is 4.98 Å². The van der Waals surface area contributed by atoms with E-state index in [0.29, 0.717) is 24.0 Å². The molecule has 1 aromatic rings. The highest BCUT2D eigenvalue weighted by Crippen LogP contribution is 2.19. The molecular formula is C12H17N3O2. The molecule has 1 unspecified atom stereocenters. The topological polar surface area (TPSA) is 77.2 Å². The molecule has 17 heavy (non-hydrogen) atoms. The number of primary amides is 1. The molecule has 5 heteroatoms. The van der Waals surface area contributed by atoms with Gasteiger partial charge in [0.2, 0.25) is 5.88 Å². The van der Waals surface area contributed by atoms with Crippen LogP contribution in [0.2, 0.25) is 0 Å². The highest BCUT2D eigenvalue weighted by Gasteiger charge is 2.18. The number of amides is 1. The van der Waals surface area contributed by atoms with E-state index >= 15 is 0 Å². The van der Waals surface area contributed by atoms with E-state index in [-0.39, 0.29) is 0 Å². The first kappa shape index (κ1) is 11.9. The average Bonchev–Trinajstić information content (AvgIpc) is 2.78. The zero-order chi connectivity index (χ0) is 12.3. The van der Waals surface area contributed by atoms with E-state index in [1.807, 2.05) is 6.92 Å². The Labute approximate surface area is 100 Å². The van der Waals surface area contributed by atoms with Crippen LogP contribution < -0.4 is 15.8 Å². The van der Waals surface area contributed by atoms with Crippen molar-refractivity contribution >= 4 is 5.91 Å². The molecule has 0 bridgehead atoms. The van der Waals surface area contributed by atoms with Gasteiger partial charge in [-0.2, -0.15) is 0 Å². The minimum atomic E-state index is -0.491. The Morgan fingerprint density at radius 3 is 3.18 bits per heavy atom. The first-order valence-corrected chi connectivity index (χ1v) is 5.77. The number of nitrogens with one attached hydrogen (secondary N) is 1. The smallest absolute Gasteiger partial charge is 0.254 e. The molecule has 2 heterocycles. The molecule has 92 valence electrons. The second-order valence-corrected chi connectivity index (χ2v) is 4.34. The lowest BCUT2D eigenvalue weighted by molar-refractivity contribution is 0.0993. The first-order chi connectivity index (χ1) is 8.18. The van der Waals surface area contributed by atoms with Gasteiger partial charge in [-0.3, -0.25) is 4.79 Å². The summed E-state index contributed by atoms with van der Waals surface area (Å²) in [7, 11) is 0. The lowest BCUT2D eigenvalue weighted by atomic mass is 10.1. The highest BCUT2D eigenvalue weighted by atomic mass is 16.5. The highest BCUT2D eigenvalue weighted by molar-refractivity contribution is 5.96. The fraction of sp³-hybridized carbons (Fsp3) is 0.500. The van der Waals surface area contributed by atoms with Crippen LogP contribution in [0.1, 0.15) is 22.3 Å². The van der Waals surface area contributed by atoms with Crippen LogP contribution in [0.5, 0.6) is 5.88 Å². The van der Waals surface area contributed by atoms with Crippen LogP contribution in [-0.4, -0.2) is 30.6 Å². The van der Waals surface area contributed by atoms with Crippen LogP contribution in [0, 0.1) is 12.8 Å². The van der Waals surface area contributed by atoms with Crippen molar-refractivity contribution in [3.8, 4) is 5.88 Å². The number of rotatable bonds is 4. The van der Waals surface area contributed by atoms with Crippen LogP contribution in [-0.2, 0) is 0 Å². The lowest BCUT2D eigenvalue weighted by Gasteiger charge is -2.13. The largest absolute Gasteiger partial charge is 0.477 e. The van der Waals surface area contributed by atoms with Gasteiger partial charge >= 0.3 is 0 Å². The van der Waals surface area contributed by atoms with E-state index in [9.17, 15) is 4.79 Å². The van der Waals surface area contributed by atoms with Crippen LogP contribution in [0.4, 0.5) is 0 Å². The van der Waals surface area contributed by atoms with Crippen LogP contribution in [0.3, 0.4) is 0 Å². The predicted molar refractivity (Wildman–Crippen MR) is 64.0 cm³/mol. The van der Waals surface area contributed by atoms with Crippen LogP contribution in [0.15, 0.2) is 12.3 Å². The van der Waals surface area contributed by atoms with Gasteiger partial charge in [0.1, 0.15) is 5.56 Å². The average molecular weight is 235 g/mol. The van der Waals surface area contributed by atoms with Gasteiger partial charge in [-0.1, -0.05) is 0 Å². The maximum absolute atomic E-state index is 11.3. The van der Waals surface area contributed by atoms with Gasteiger partial charge < -0.3 is 15.8 Å². The Morgan fingerprint density at radius 2 is 2.53 bits per heavy atom. The Kier molecular flexibility index (Phi) is 3.58. The predicted octanol–water partition coefficient (Wildman–Crippen LogP) is 0.477.